The van der Waals surface area contributed by atoms with Crippen molar-refractivity contribution >= 4 is 35.0 Å². The number of esters is 2. The number of anilines is 1. The molecule has 1 aliphatic heterocycles. The number of aromatic nitrogens is 4. The number of hydrogen-bond acceptors (Lipinski definition) is 8. The van der Waals surface area contributed by atoms with Crippen molar-refractivity contribution in [3.8, 4) is 0 Å². The van der Waals surface area contributed by atoms with E-state index < -0.39 is 35.9 Å². The lowest BCUT2D eigenvalue weighted by Crippen LogP contribution is -2.42. The zero-order chi connectivity index (χ0) is 22.3. The number of imidazole rings is 1. The molecule has 160 valence electrons. The minimum atomic E-state index is -1.38. The van der Waals surface area contributed by atoms with Crippen LogP contribution in [0.1, 0.15) is 32.6 Å². The fourth-order valence-corrected chi connectivity index (χ4v) is 3.58. The van der Waals surface area contributed by atoms with Gasteiger partial charge < -0.3 is 14.0 Å². The predicted octanol–water partition coefficient (Wildman–Crippen LogP) is 0.959. The monoisotopic (exact) mass is 425 g/mol. The maximum Gasteiger partial charge on any atom is 0.304 e. The van der Waals surface area contributed by atoms with Crippen molar-refractivity contribution in [1.29, 1.82) is 0 Å². The first-order chi connectivity index (χ1) is 14.8. The normalized spacial score (nSPS) is 17.5. The van der Waals surface area contributed by atoms with E-state index in [1.165, 1.54) is 13.3 Å². The molecule has 0 N–H and O–H groups in total. The van der Waals surface area contributed by atoms with Crippen LogP contribution in [0.5, 0.6) is 0 Å². The standard InChI is InChI=1S/C20H19N5O6/c1-11(26)24-18(30-12(2)27)19(31-13(3)28)25-17(29)15-16(22-20(24)25)21-10-23(15)9-14-7-5-4-6-8-14/h4-8,10,18-19H,9H2,1-3H3. The van der Waals surface area contributed by atoms with Crippen LogP contribution in [-0.2, 0) is 30.4 Å². The molecule has 1 aliphatic rings. The van der Waals surface area contributed by atoms with Crippen LogP contribution in [0.3, 0.4) is 0 Å². The van der Waals surface area contributed by atoms with Crippen molar-refractivity contribution in [2.45, 2.75) is 39.8 Å². The largest absolute Gasteiger partial charge is 0.435 e. The summed E-state index contributed by atoms with van der Waals surface area (Å²) in [6.45, 7) is 3.88. The van der Waals surface area contributed by atoms with Crippen molar-refractivity contribution in [2.24, 2.45) is 0 Å². The Labute approximate surface area is 175 Å². The van der Waals surface area contributed by atoms with Gasteiger partial charge in [-0.2, -0.15) is 4.98 Å². The SMILES string of the molecule is CC(=O)OC1C(OC(C)=O)n2c(nc3ncn(Cc4ccccc4)c3c2=O)N1C(C)=O. The summed E-state index contributed by atoms with van der Waals surface area (Å²) in [6, 6.07) is 9.44. The Morgan fingerprint density at radius 1 is 1.00 bits per heavy atom. The average molecular weight is 425 g/mol. The van der Waals surface area contributed by atoms with Gasteiger partial charge >= 0.3 is 11.9 Å². The first kappa shape index (κ1) is 20.3. The molecule has 0 radical (unpaired) electrons. The lowest BCUT2D eigenvalue weighted by atomic mass is 10.2. The van der Waals surface area contributed by atoms with Crippen LogP contribution in [0, 0.1) is 0 Å². The van der Waals surface area contributed by atoms with Crippen molar-refractivity contribution < 1.29 is 23.9 Å². The van der Waals surface area contributed by atoms with E-state index in [9.17, 15) is 19.2 Å². The molecule has 3 heterocycles. The number of amides is 1. The van der Waals surface area contributed by atoms with E-state index >= 15 is 0 Å². The molecule has 0 aliphatic carbocycles. The summed E-state index contributed by atoms with van der Waals surface area (Å²) in [5, 5.41) is 0. The highest BCUT2D eigenvalue weighted by atomic mass is 16.6. The molecule has 11 heteroatoms. The third-order valence-corrected chi connectivity index (χ3v) is 4.74. The molecule has 11 nitrogen and oxygen atoms in total. The van der Waals surface area contributed by atoms with Crippen LogP contribution in [0.2, 0.25) is 0 Å². The Morgan fingerprint density at radius 2 is 1.65 bits per heavy atom. The number of fused-ring (bicyclic) bond motifs is 2. The third kappa shape index (κ3) is 3.54. The fourth-order valence-electron chi connectivity index (χ4n) is 3.58. The molecule has 1 amide bonds. The Kier molecular flexibility index (Phi) is 5.01. The molecule has 31 heavy (non-hydrogen) atoms. The number of benzene rings is 1. The van der Waals surface area contributed by atoms with Crippen LogP contribution in [0.15, 0.2) is 41.5 Å². The molecule has 0 saturated carbocycles. The summed E-state index contributed by atoms with van der Waals surface area (Å²) in [5.74, 6) is -2.11. The highest BCUT2D eigenvalue weighted by molar-refractivity contribution is 5.92. The highest BCUT2D eigenvalue weighted by Gasteiger charge is 2.47. The number of nitrogens with zero attached hydrogens (tertiary/aromatic N) is 5. The quantitative estimate of drug-likeness (QED) is 0.566. The van der Waals surface area contributed by atoms with Crippen LogP contribution in [0.4, 0.5) is 5.95 Å². The van der Waals surface area contributed by atoms with Crippen LogP contribution >= 0.6 is 0 Å². The van der Waals surface area contributed by atoms with Gasteiger partial charge in [-0.15, -0.1) is 0 Å². The molecule has 2 aromatic heterocycles. The van der Waals surface area contributed by atoms with E-state index in [2.05, 4.69) is 9.97 Å². The highest BCUT2D eigenvalue weighted by Crippen LogP contribution is 2.34. The lowest BCUT2D eigenvalue weighted by molar-refractivity contribution is -0.171. The van der Waals surface area contributed by atoms with Gasteiger partial charge in [-0.25, -0.2) is 14.5 Å². The minimum Gasteiger partial charge on any atom is -0.435 e. The third-order valence-electron chi connectivity index (χ3n) is 4.74. The van der Waals surface area contributed by atoms with E-state index in [1.54, 1.807) is 4.57 Å². The van der Waals surface area contributed by atoms with Crippen molar-refractivity contribution in [2.75, 3.05) is 4.90 Å². The topological polar surface area (TPSA) is 126 Å². The van der Waals surface area contributed by atoms with Crippen molar-refractivity contribution in [3.05, 3.63) is 52.6 Å². The molecule has 3 aromatic rings. The molecular weight excluding hydrogens is 406 g/mol. The summed E-state index contributed by atoms with van der Waals surface area (Å²) < 4.78 is 13.2. The summed E-state index contributed by atoms with van der Waals surface area (Å²) in [6.07, 6.45) is -1.28. The Balaban J connectivity index is 1.91. The van der Waals surface area contributed by atoms with Gasteiger partial charge in [-0.05, 0) is 5.56 Å². The second kappa shape index (κ2) is 7.67. The lowest BCUT2D eigenvalue weighted by Gasteiger charge is -2.24. The Morgan fingerprint density at radius 3 is 2.26 bits per heavy atom. The predicted molar refractivity (Wildman–Crippen MR) is 107 cm³/mol. The molecule has 1 aromatic carbocycles. The molecule has 2 unspecified atom stereocenters. The van der Waals surface area contributed by atoms with Crippen molar-refractivity contribution in [3.63, 3.8) is 0 Å². The number of ether oxygens (including phenoxy) is 2. The number of carbonyl (C=O) groups excluding carboxylic acids is 3. The summed E-state index contributed by atoms with van der Waals surface area (Å²) in [5.41, 5.74) is 0.632. The summed E-state index contributed by atoms with van der Waals surface area (Å²) >= 11 is 0. The van der Waals surface area contributed by atoms with Crippen LogP contribution in [0.25, 0.3) is 11.2 Å². The average Bonchev–Trinajstić information content (AvgIpc) is 3.22. The maximum absolute atomic E-state index is 13.5. The smallest absolute Gasteiger partial charge is 0.304 e. The summed E-state index contributed by atoms with van der Waals surface area (Å²) in [4.78, 5) is 58.8. The summed E-state index contributed by atoms with van der Waals surface area (Å²) in [7, 11) is 0. The van der Waals surface area contributed by atoms with Crippen LogP contribution in [-0.4, -0.2) is 43.2 Å². The number of carbonyl (C=O) groups is 3. The van der Waals surface area contributed by atoms with Gasteiger partial charge in [0.25, 0.3) is 5.56 Å². The zero-order valence-corrected chi connectivity index (χ0v) is 17.0. The second-order valence-corrected chi connectivity index (χ2v) is 7.01. The van der Waals surface area contributed by atoms with Crippen LogP contribution < -0.4 is 10.5 Å². The van der Waals surface area contributed by atoms with E-state index in [4.69, 9.17) is 9.47 Å². The van der Waals surface area contributed by atoms with E-state index in [-0.39, 0.29) is 17.1 Å². The molecule has 2 atom stereocenters. The van der Waals surface area contributed by atoms with Gasteiger partial charge in [0, 0.05) is 27.3 Å². The van der Waals surface area contributed by atoms with Gasteiger partial charge in [-0.1, -0.05) is 30.3 Å². The molecule has 0 bridgehead atoms. The second-order valence-electron chi connectivity index (χ2n) is 7.01. The van der Waals surface area contributed by atoms with Gasteiger partial charge in [0.1, 0.15) is 0 Å². The zero-order valence-electron chi connectivity index (χ0n) is 17.0. The first-order valence-corrected chi connectivity index (χ1v) is 9.43. The molecule has 0 fully saturated rings. The minimum absolute atomic E-state index is 0.114. The number of rotatable bonds is 4. The van der Waals surface area contributed by atoms with Gasteiger partial charge in [0.15, 0.2) is 11.2 Å². The fraction of sp³-hybridized carbons (Fsp3) is 0.300. The molecule has 0 saturated heterocycles. The van der Waals surface area contributed by atoms with E-state index in [0.29, 0.717) is 6.54 Å². The van der Waals surface area contributed by atoms with E-state index in [0.717, 1.165) is 28.9 Å². The first-order valence-electron chi connectivity index (χ1n) is 9.43. The molecule has 4 rings (SSSR count). The Hall–Kier alpha value is -4.02. The molecular formula is C20H19N5O6. The van der Waals surface area contributed by atoms with Gasteiger partial charge in [0.05, 0.1) is 6.33 Å². The molecule has 0 spiro atoms. The van der Waals surface area contributed by atoms with Gasteiger partial charge in [0.2, 0.25) is 24.3 Å². The van der Waals surface area contributed by atoms with Crippen molar-refractivity contribution in [1.82, 2.24) is 19.1 Å². The van der Waals surface area contributed by atoms with E-state index in [1.807, 2.05) is 30.3 Å². The Bertz CT molecular complexity index is 1250. The maximum atomic E-state index is 13.5. The number of hydrogen-bond donors (Lipinski definition) is 0. The van der Waals surface area contributed by atoms with Gasteiger partial charge in [-0.3, -0.25) is 19.2 Å².